The number of benzene rings is 4. The van der Waals surface area contributed by atoms with E-state index in [9.17, 15) is 0 Å². The highest BCUT2D eigenvalue weighted by molar-refractivity contribution is 7.84. The SMILES string of the molecule is c1ccc(P(c2ccccc2)c2ccc(-c3ccc(-c4ccc(P(c5ccccc5)c5ccccc5)s4)s3)s2)cc1. The second-order valence-electron chi connectivity index (χ2n) is 9.45. The van der Waals surface area contributed by atoms with E-state index in [2.05, 4.69) is 158 Å². The van der Waals surface area contributed by atoms with Crippen LogP contribution in [-0.4, -0.2) is 0 Å². The van der Waals surface area contributed by atoms with Crippen LogP contribution in [0.2, 0.25) is 0 Å². The molecule has 0 saturated heterocycles. The first-order valence-corrected chi connectivity index (χ1v) is 18.6. The van der Waals surface area contributed by atoms with Gasteiger partial charge in [0.05, 0.1) is 0 Å². The molecule has 0 nitrogen and oxygen atoms in total. The standard InChI is InChI=1S/C36H26P2S3/c1-5-13-27(14-6-1)37(28-15-7-2-8-16-28)35-25-23-33(40-35)31-21-22-32(39-31)34-24-26-36(41-34)38(29-17-9-3-10-18-29)30-19-11-4-12-20-30/h1-26H. The number of hydrogen-bond donors (Lipinski definition) is 0. The molecule has 198 valence electrons. The fourth-order valence-electron chi connectivity index (χ4n) is 4.88. The lowest BCUT2D eigenvalue weighted by Gasteiger charge is -2.17. The summed E-state index contributed by atoms with van der Waals surface area (Å²) < 4.78 is 2.88. The minimum atomic E-state index is -0.574. The highest BCUT2D eigenvalue weighted by Gasteiger charge is 2.21. The van der Waals surface area contributed by atoms with Gasteiger partial charge in [-0.05, 0) is 73.5 Å². The lowest BCUT2D eigenvalue weighted by atomic mass is 10.3. The van der Waals surface area contributed by atoms with Gasteiger partial charge in [0.25, 0.3) is 0 Å². The lowest BCUT2D eigenvalue weighted by Crippen LogP contribution is -2.18. The van der Waals surface area contributed by atoms with Gasteiger partial charge in [-0.25, -0.2) is 0 Å². The topological polar surface area (TPSA) is 0 Å². The first-order chi connectivity index (χ1) is 20.3. The Kier molecular flexibility index (Phi) is 8.06. The molecule has 4 aromatic carbocycles. The fourth-order valence-corrected chi connectivity index (χ4v) is 14.1. The maximum atomic E-state index is 2.35. The fraction of sp³-hybridized carbons (Fsp3) is 0. The molecule has 0 aliphatic carbocycles. The van der Waals surface area contributed by atoms with Crippen LogP contribution >= 0.6 is 49.9 Å². The van der Waals surface area contributed by atoms with Gasteiger partial charge in [0.2, 0.25) is 0 Å². The first kappa shape index (κ1) is 26.7. The first-order valence-electron chi connectivity index (χ1n) is 13.4. The van der Waals surface area contributed by atoms with Crippen molar-refractivity contribution in [3.8, 4) is 19.5 Å². The normalized spacial score (nSPS) is 11.4. The summed E-state index contributed by atoms with van der Waals surface area (Å²) in [4.78, 5) is 5.39. The maximum Gasteiger partial charge on any atom is 0.0449 e. The zero-order chi connectivity index (χ0) is 27.4. The Morgan fingerprint density at radius 2 is 0.537 bits per heavy atom. The lowest BCUT2D eigenvalue weighted by molar-refractivity contribution is 1.75. The van der Waals surface area contributed by atoms with Crippen molar-refractivity contribution in [1.29, 1.82) is 0 Å². The summed E-state index contributed by atoms with van der Waals surface area (Å²) in [6, 6.07) is 57.8. The van der Waals surface area contributed by atoms with E-state index >= 15 is 0 Å². The second-order valence-corrected chi connectivity index (χ2v) is 17.7. The quantitative estimate of drug-likeness (QED) is 0.150. The molecule has 0 radical (unpaired) electrons. The van der Waals surface area contributed by atoms with Crippen LogP contribution in [0.1, 0.15) is 0 Å². The van der Waals surface area contributed by atoms with Crippen molar-refractivity contribution in [3.63, 3.8) is 0 Å². The molecule has 5 heteroatoms. The van der Waals surface area contributed by atoms with E-state index in [1.54, 1.807) is 0 Å². The maximum absolute atomic E-state index is 2.35. The Hall–Kier alpha value is -3.16. The summed E-state index contributed by atoms with van der Waals surface area (Å²) in [5.41, 5.74) is 0. The molecule has 0 aliphatic heterocycles. The highest BCUT2D eigenvalue weighted by atomic mass is 32.1. The molecule has 0 unspecified atom stereocenters. The Bertz CT molecular complexity index is 1620. The zero-order valence-electron chi connectivity index (χ0n) is 22.1. The van der Waals surface area contributed by atoms with Gasteiger partial charge in [0.1, 0.15) is 0 Å². The van der Waals surface area contributed by atoms with E-state index in [4.69, 9.17) is 0 Å². The molecule has 0 spiro atoms. The summed E-state index contributed by atoms with van der Waals surface area (Å²) in [7, 11) is -1.15. The van der Waals surface area contributed by atoms with Crippen molar-refractivity contribution in [2.75, 3.05) is 0 Å². The summed E-state index contributed by atoms with van der Waals surface area (Å²) in [5.74, 6) is 0. The molecular formula is C36H26P2S3. The van der Waals surface area contributed by atoms with Crippen LogP contribution in [0.3, 0.4) is 0 Å². The van der Waals surface area contributed by atoms with Gasteiger partial charge in [-0.2, -0.15) is 0 Å². The summed E-state index contributed by atoms with van der Waals surface area (Å²) in [6.07, 6.45) is 0. The van der Waals surface area contributed by atoms with Crippen LogP contribution in [0.4, 0.5) is 0 Å². The predicted molar refractivity (Wildman–Crippen MR) is 188 cm³/mol. The molecule has 7 rings (SSSR count). The second kappa shape index (κ2) is 12.4. The predicted octanol–water partition coefficient (Wildman–Crippen LogP) is 8.72. The zero-order valence-corrected chi connectivity index (χ0v) is 26.4. The molecule has 3 heterocycles. The summed E-state index contributed by atoms with van der Waals surface area (Å²) in [5, 5.41) is 5.59. The van der Waals surface area contributed by atoms with Crippen LogP contribution in [-0.2, 0) is 0 Å². The van der Waals surface area contributed by atoms with Gasteiger partial charge in [-0.3, -0.25) is 0 Å². The molecule has 0 aliphatic rings. The molecule has 0 fully saturated rings. The van der Waals surface area contributed by atoms with Crippen LogP contribution < -0.4 is 30.5 Å². The molecule has 0 N–H and O–H groups in total. The van der Waals surface area contributed by atoms with Crippen molar-refractivity contribution in [2.45, 2.75) is 0 Å². The average molecular weight is 617 g/mol. The minimum Gasteiger partial charge on any atom is -0.134 e. The molecule has 0 amide bonds. The Morgan fingerprint density at radius 1 is 0.268 bits per heavy atom. The van der Waals surface area contributed by atoms with E-state index in [0.717, 1.165) is 0 Å². The molecule has 3 aromatic heterocycles. The average Bonchev–Trinajstić information content (AvgIpc) is 3.82. The summed E-state index contributed by atoms with van der Waals surface area (Å²) in [6.45, 7) is 0. The summed E-state index contributed by atoms with van der Waals surface area (Å²) >= 11 is 5.79. The largest absolute Gasteiger partial charge is 0.134 e. The van der Waals surface area contributed by atoms with Crippen molar-refractivity contribution >= 4 is 80.3 Å². The molecule has 0 bridgehead atoms. The highest BCUT2D eigenvalue weighted by Crippen LogP contribution is 2.43. The van der Waals surface area contributed by atoms with E-state index in [1.807, 2.05) is 34.0 Å². The van der Waals surface area contributed by atoms with Gasteiger partial charge in [-0.15, -0.1) is 34.0 Å². The molecule has 41 heavy (non-hydrogen) atoms. The van der Waals surface area contributed by atoms with Crippen molar-refractivity contribution in [3.05, 3.63) is 158 Å². The third-order valence-corrected chi connectivity index (χ3v) is 16.1. The van der Waals surface area contributed by atoms with Gasteiger partial charge in [0.15, 0.2) is 0 Å². The monoisotopic (exact) mass is 616 g/mol. The Morgan fingerprint density at radius 3 is 0.854 bits per heavy atom. The van der Waals surface area contributed by atoms with Gasteiger partial charge < -0.3 is 0 Å². The Labute approximate surface area is 256 Å². The van der Waals surface area contributed by atoms with Crippen molar-refractivity contribution in [2.24, 2.45) is 0 Å². The van der Waals surface area contributed by atoms with E-state index in [-0.39, 0.29) is 0 Å². The third-order valence-electron chi connectivity index (χ3n) is 6.77. The molecule has 0 saturated carbocycles. The third kappa shape index (κ3) is 5.80. The van der Waals surface area contributed by atoms with Crippen LogP contribution in [0.5, 0.6) is 0 Å². The molecular weight excluding hydrogens is 591 g/mol. The Balaban J connectivity index is 1.19. The smallest absolute Gasteiger partial charge is 0.0449 e. The minimum absolute atomic E-state index is 0.574. The van der Waals surface area contributed by atoms with Gasteiger partial charge >= 0.3 is 0 Å². The van der Waals surface area contributed by atoms with Crippen molar-refractivity contribution < 1.29 is 0 Å². The number of hydrogen-bond acceptors (Lipinski definition) is 3. The van der Waals surface area contributed by atoms with E-state index in [0.29, 0.717) is 0 Å². The molecule has 7 aromatic rings. The van der Waals surface area contributed by atoms with Gasteiger partial charge in [-0.1, -0.05) is 121 Å². The van der Waals surface area contributed by atoms with Crippen molar-refractivity contribution in [1.82, 2.24) is 0 Å². The number of rotatable bonds is 8. The van der Waals surface area contributed by atoms with Crippen LogP contribution in [0, 0.1) is 0 Å². The molecule has 0 atom stereocenters. The van der Waals surface area contributed by atoms with Gasteiger partial charge in [0, 0.05) is 28.7 Å². The van der Waals surface area contributed by atoms with Crippen LogP contribution in [0.15, 0.2) is 158 Å². The van der Waals surface area contributed by atoms with E-state index < -0.39 is 15.8 Å². The van der Waals surface area contributed by atoms with E-state index in [1.165, 1.54) is 50.0 Å². The van der Waals surface area contributed by atoms with Crippen LogP contribution in [0.25, 0.3) is 19.5 Å². The number of thiophene rings is 3.